The van der Waals surface area contributed by atoms with Crippen molar-refractivity contribution in [1.82, 2.24) is 0 Å². The largest absolute Gasteiger partial charge is 0.0651 e. The quantitative estimate of drug-likeness (QED) is 0.577. The van der Waals surface area contributed by atoms with E-state index in [9.17, 15) is 0 Å². The minimum Gasteiger partial charge on any atom is -0.0651 e. The molecule has 0 aromatic rings. The lowest BCUT2D eigenvalue weighted by atomic mass is 9.54. The van der Waals surface area contributed by atoms with E-state index < -0.39 is 0 Å². The molecule has 0 radical (unpaired) electrons. The molecule has 0 N–H and O–H groups in total. The van der Waals surface area contributed by atoms with Crippen LogP contribution in [0.1, 0.15) is 66.7 Å². The molecule has 5 atom stereocenters. The van der Waals surface area contributed by atoms with Crippen LogP contribution in [0.4, 0.5) is 0 Å². The van der Waals surface area contributed by atoms with Crippen molar-refractivity contribution in [2.75, 3.05) is 0 Å². The van der Waals surface area contributed by atoms with Crippen LogP contribution >= 0.6 is 0 Å². The molecule has 0 saturated heterocycles. The van der Waals surface area contributed by atoms with Crippen molar-refractivity contribution >= 4 is 0 Å². The fourth-order valence-electron chi connectivity index (χ4n) is 4.87. The Labute approximate surface area is 102 Å². The normalized spacial score (nSPS) is 47.4. The molecule has 0 amide bonds. The van der Waals surface area contributed by atoms with Crippen LogP contribution in [-0.4, -0.2) is 0 Å². The minimum atomic E-state index is 0.619. The van der Waals surface area contributed by atoms with Crippen molar-refractivity contribution in [3.63, 3.8) is 0 Å². The Morgan fingerprint density at radius 1 is 1.19 bits per heavy atom. The van der Waals surface area contributed by atoms with Gasteiger partial charge in [0.15, 0.2) is 0 Å². The van der Waals surface area contributed by atoms with E-state index in [1.165, 1.54) is 32.1 Å². The Morgan fingerprint density at radius 2 is 1.88 bits per heavy atom. The predicted octanol–water partition coefficient (Wildman–Crippen LogP) is 5.13. The van der Waals surface area contributed by atoms with E-state index in [0.717, 1.165) is 29.6 Å². The molecule has 2 rings (SSSR count). The Balaban J connectivity index is 2.12. The van der Waals surface area contributed by atoms with E-state index in [-0.39, 0.29) is 0 Å². The first-order chi connectivity index (χ1) is 7.44. The first-order valence-corrected chi connectivity index (χ1v) is 7.44. The van der Waals surface area contributed by atoms with E-state index in [2.05, 4.69) is 34.6 Å². The van der Waals surface area contributed by atoms with Gasteiger partial charge in [-0.3, -0.25) is 0 Å². The fraction of sp³-hybridized carbons (Fsp3) is 1.00. The summed E-state index contributed by atoms with van der Waals surface area (Å²) in [5.41, 5.74) is 0.619. The maximum atomic E-state index is 2.54. The molecule has 16 heavy (non-hydrogen) atoms. The number of fused-ring (bicyclic) bond motifs is 1. The third-order valence-corrected chi connectivity index (χ3v) is 5.81. The second-order valence-electron chi connectivity index (χ2n) is 7.48. The minimum absolute atomic E-state index is 0.619. The van der Waals surface area contributed by atoms with Crippen molar-refractivity contribution in [3.05, 3.63) is 0 Å². The third-order valence-electron chi connectivity index (χ3n) is 5.81. The van der Waals surface area contributed by atoms with Gasteiger partial charge in [-0.25, -0.2) is 0 Å². The van der Waals surface area contributed by atoms with Crippen LogP contribution in [0.3, 0.4) is 0 Å². The van der Waals surface area contributed by atoms with Gasteiger partial charge in [0.05, 0.1) is 0 Å². The van der Waals surface area contributed by atoms with E-state index in [1.54, 1.807) is 0 Å². The molecule has 2 aliphatic rings. The highest BCUT2D eigenvalue weighted by Crippen LogP contribution is 2.53. The standard InChI is InChI=1S/C16H30/c1-6-14-11(2)9-13-7-8-16(4,5)10-15(13)12(14)3/h11-15H,6-10H2,1-5H3. The Kier molecular flexibility index (Phi) is 3.39. The van der Waals surface area contributed by atoms with Crippen molar-refractivity contribution in [2.24, 2.45) is 35.0 Å². The van der Waals surface area contributed by atoms with Gasteiger partial charge >= 0.3 is 0 Å². The monoisotopic (exact) mass is 222 g/mol. The Hall–Kier alpha value is 0. The van der Waals surface area contributed by atoms with Gasteiger partial charge in [-0.15, -0.1) is 0 Å². The summed E-state index contributed by atoms with van der Waals surface area (Å²) in [7, 11) is 0. The number of hydrogen-bond donors (Lipinski definition) is 0. The zero-order valence-electron chi connectivity index (χ0n) is 11.9. The first kappa shape index (κ1) is 12.5. The molecule has 94 valence electrons. The van der Waals surface area contributed by atoms with Crippen LogP contribution in [0.15, 0.2) is 0 Å². The van der Waals surface area contributed by atoms with Crippen LogP contribution in [0.25, 0.3) is 0 Å². The maximum absolute atomic E-state index is 2.54. The van der Waals surface area contributed by atoms with Gasteiger partial charge in [-0.2, -0.15) is 0 Å². The van der Waals surface area contributed by atoms with E-state index in [4.69, 9.17) is 0 Å². The van der Waals surface area contributed by atoms with Gasteiger partial charge in [-0.1, -0.05) is 41.0 Å². The van der Waals surface area contributed by atoms with Crippen molar-refractivity contribution in [1.29, 1.82) is 0 Å². The molecule has 0 heterocycles. The highest BCUT2D eigenvalue weighted by atomic mass is 14.5. The summed E-state index contributed by atoms with van der Waals surface area (Å²) in [5.74, 6) is 5.03. The molecule has 0 aromatic carbocycles. The van der Waals surface area contributed by atoms with Gasteiger partial charge in [0.25, 0.3) is 0 Å². The smallest absolute Gasteiger partial charge is 0.0351 e. The second kappa shape index (κ2) is 4.35. The summed E-state index contributed by atoms with van der Waals surface area (Å²) in [6, 6.07) is 0. The highest BCUT2D eigenvalue weighted by molar-refractivity contribution is 4.94. The lowest BCUT2D eigenvalue weighted by Gasteiger charge is -2.51. The summed E-state index contributed by atoms with van der Waals surface area (Å²) < 4.78 is 0. The highest BCUT2D eigenvalue weighted by Gasteiger charge is 2.44. The van der Waals surface area contributed by atoms with Gasteiger partial charge < -0.3 is 0 Å². The van der Waals surface area contributed by atoms with Crippen molar-refractivity contribution in [2.45, 2.75) is 66.7 Å². The van der Waals surface area contributed by atoms with Gasteiger partial charge in [0.1, 0.15) is 0 Å². The second-order valence-corrected chi connectivity index (χ2v) is 7.48. The van der Waals surface area contributed by atoms with Gasteiger partial charge in [-0.05, 0) is 60.7 Å². The summed E-state index contributed by atoms with van der Waals surface area (Å²) in [4.78, 5) is 0. The van der Waals surface area contributed by atoms with Crippen LogP contribution < -0.4 is 0 Å². The van der Waals surface area contributed by atoms with E-state index in [1.807, 2.05) is 0 Å². The van der Waals surface area contributed by atoms with Crippen LogP contribution in [0, 0.1) is 35.0 Å². The number of rotatable bonds is 1. The van der Waals surface area contributed by atoms with Crippen LogP contribution in [-0.2, 0) is 0 Å². The Bertz CT molecular complexity index is 240. The molecular formula is C16H30. The van der Waals surface area contributed by atoms with Crippen LogP contribution in [0.5, 0.6) is 0 Å². The van der Waals surface area contributed by atoms with Crippen molar-refractivity contribution in [3.8, 4) is 0 Å². The summed E-state index contributed by atoms with van der Waals surface area (Å²) in [6.45, 7) is 12.4. The molecule has 0 nitrogen and oxygen atoms in total. The van der Waals surface area contributed by atoms with E-state index in [0.29, 0.717) is 5.41 Å². The molecule has 2 aliphatic carbocycles. The lowest BCUT2D eigenvalue weighted by molar-refractivity contribution is -0.0139. The summed E-state index contributed by atoms with van der Waals surface area (Å²) in [6.07, 6.45) is 7.37. The average molecular weight is 222 g/mol. The van der Waals surface area contributed by atoms with Gasteiger partial charge in [0, 0.05) is 0 Å². The maximum Gasteiger partial charge on any atom is -0.0351 e. The molecular weight excluding hydrogens is 192 g/mol. The average Bonchev–Trinajstić information content (AvgIpc) is 2.20. The third kappa shape index (κ3) is 2.17. The molecule has 0 aromatic heterocycles. The number of hydrogen-bond acceptors (Lipinski definition) is 0. The molecule has 0 bridgehead atoms. The van der Waals surface area contributed by atoms with Crippen LogP contribution in [0.2, 0.25) is 0 Å². The first-order valence-electron chi connectivity index (χ1n) is 7.44. The molecule has 2 saturated carbocycles. The van der Waals surface area contributed by atoms with E-state index >= 15 is 0 Å². The van der Waals surface area contributed by atoms with Crippen molar-refractivity contribution < 1.29 is 0 Å². The van der Waals surface area contributed by atoms with Gasteiger partial charge in [0.2, 0.25) is 0 Å². The zero-order chi connectivity index (χ0) is 11.9. The fourth-order valence-corrected chi connectivity index (χ4v) is 4.87. The Morgan fingerprint density at radius 3 is 2.50 bits per heavy atom. The molecule has 0 aliphatic heterocycles. The topological polar surface area (TPSA) is 0 Å². The molecule has 5 unspecified atom stereocenters. The molecule has 0 spiro atoms. The summed E-state index contributed by atoms with van der Waals surface area (Å²) >= 11 is 0. The lowest BCUT2D eigenvalue weighted by Crippen LogP contribution is -2.42. The molecule has 0 heteroatoms. The predicted molar refractivity (Wildman–Crippen MR) is 71.3 cm³/mol. The molecule has 2 fully saturated rings. The zero-order valence-corrected chi connectivity index (χ0v) is 11.9. The SMILES string of the molecule is CCC1C(C)CC2CCC(C)(C)CC2C1C. The summed E-state index contributed by atoms with van der Waals surface area (Å²) in [5, 5.41) is 0.